The average Bonchev–Trinajstić information content (AvgIpc) is 2.69. The first-order valence-corrected chi connectivity index (χ1v) is 9.42. The number of alkyl halides is 3. The van der Waals surface area contributed by atoms with E-state index < -0.39 is 17.6 Å². The summed E-state index contributed by atoms with van der Waals surface area (Å²) in [6.45, 7) is 5.64. The molecule has 0 aliphatic carbocycles. The highest BCUT2D eigenvalue weighted by Gasteiger charge is 2.30. The van der Waals surface area contributed by atoms with Gasteiger partial charge in [-0.3, -0.25) is 9.79 Å². The van der Waals surface area contributed by atoms with E-state index in [2.05, 4.69) is 20.9 Å². The molecular weight excluding hydrogens is 516 g/mol. The number of halogens is 4. The number of amides is 1. The summed E-state index contributed by atoms with van der Waals surface area (Å²) in [4.78, 5) is 16.4. The Morgan fingerprint density at radius 2 is 1.70 bits per heavy atom. The molecule has 3 N–H and O–H groups in total. The van der Waals surface area contributed by atoms with Gasteiger partial charge < -0.3 is 25.4 Å². The molecule has 0 saturated carbocycles. The third-order valence-electron chi connectivity index (χ3n) is 3.67. The topological polar surface area (TPSA) is 84.0 Å². The Morgan fingerprint density at radius 1 is 1.03 bits per heavy atom. The maximum absolute atomic E-state index is 12.6. The molecule has 7 nitrogen and oxygen atoms in total. The second kappa shape index (κ2) is 16.1. The van der Waals surface area contributed by atoms with Crippen LogP contribution in [-0.4, -0.2) is 65.0 Å². The molecule has 0 fully saturated rings. The third-order valence-corrected chi connectivity index (χ3v) is 3.67. The normalized spacial score (nSPS) is 11.6. The first kappa shape index (κ1) is 28.4. The fourth-order valence-electron chi connectivity index (χ4n) is 2.21. The van der Waals surface area contributed by atoms with Crippen LogP contribution >= 0.6 is 24.0 Å². The van der Waals surface area contributed by atoms with Crippen LogP contribution in [0.2, 0.25) is 0 Å². The van der Waals surface area contributed by atoms with E-state index in [1.165, 1.54) is 0 Å². The van der Waals surface area contributed by atoms with Crippen LogP contribution in [0.3, 0.4) is 0 Å². The molecule has 172 valence electrons. The first-order valence-electron chi connectivity index (χ1n) is 9.42. The summed E-state index contributed by atoms with van der Waals surface area (Å²) in [5.41, 5.74) is -0.613. The lowest BCUT2D eigenvalue weighted by molar-refractivity contribution is -0.137. The van der Waals surface area contributed by atoms with Gasteiger partial charge in [-0.25, -0.2) is 0 Å². The Labute approximate surface area is 192 Å². The zero-order chi connectivity index (χ0) is 21.5. The number of carbonyl (C=O) groups excluding carboxylic acids is 1. The predicted molar refractivity (Wildman–Crippen MR) is 120 cm³/mol. The zero-order valence-corrected chi connectivity index (χ0v) is 19.5. The molecule has 0 atom stereocenters. The molecule has 0 aromatic heterocycles. The second-order valence-corrected chi connectivity index (χ2v) is 5.98. The molecule has 0 unspecified atom stereocenters. The van der Waals surface area contributed by atoms with Crippen LogP contribution in [0.15, 0.2) is 29.3 Å². The number of nitrogens with zero attached hydrogens (tertiary/aromatic N) is 1. The van der Waals surface area contributed by atoms with Gasteiger partial charge in [0.1, 0.15) is 0 Å². The molecule has 0 radical (unpaired) electrons. The van der Waals surface area contributed by atoms with Crippen LogP contribution in [0.1, 0.15) is 29.3 Å². The lowest BCUT2D eigenvalue weighted by Gasteiger charge is -2.12. The molecule has 1 aromatic rings. The van der Waals surface area contributed by atoms with Gasteiger partial charge >= 0.3 is 6.18 Å². The Morgan fingerprint density at radius 3 is 2.30 bits per heavy atom. The quantitative estimate of drug-likeness (QED) is 0.163. The van der Waals surface area contributed by atoms with Crippen molar-refractivity contribution in [3.63, 3.8) is 0 Å². The minimum atomic E-state index is -4.42. The van der Waals surface area contributed by atoms with E-state index in [1.54, 1.807) is 7.11 Å². The lowest BCUT2D eigenvalue weighted by atomic mass is 10.1. The number of hydrogen-bond acceptors (Lipinski definition) is 4. The summed E-state index contributed by atoms with van der Waals surface area (Å²) >= 11 is 0. The van der Waals surface area contributed by atoms with Crippen LogP contribution in [0.5, 0.6) is 0 Å². The van der Waals surface area contributed by atoms with Crippen molar-refractivity contribution in [1.82, 2.24) is 16.0 Å². The van der Waals surface area contributed by atoms with Crippen LogP contribution < -0.4 is 16.0 Å². The van der Waals surface area contributed by atoms with Crippen LogP contribution in [0, 0.1) is 0 Å². The fraction of sp³-hybridized carbons (Fsp3) is 0.579. The number of carbonyl (C=O) groups is 1. The highest BCUT2D eigenvalue weighted by atomic mass is 127. The van der Waals surface area contributed by atoms with Gasteiger partial charge in [-0.05, 0) is 37.6 Å². The number of benzene rings is 1. The zero-order valence-electron chi connectivity index (χ0n) is 17.2. The van der Waals surface area contributed by atoms with E-state index in [9.17, 15) is 18.0 Å². The van der Waals surface area contributed by atoms with E-state index in [-0.39, 0.29) is 29.5 Å². The van der Waals surface area contributed by atoms with Crippen LogP contribution in [0.4, 0.5) is 13.2 Å². The van der Waals surface area contributed by atoms with Crippen molar-refractivity contribution in [3.8, 4) is 0 Å². The van der Waals surface area contributed by atoms with Gasteiger partial charge in [0.05, 0.1) is 18.8 Å². The maximum atomic E-state index is 12.6. The number of ether oxygens (including phenoxy) is 2. The number of hydrogen-bond donors (Lipinski definition) is 3. The molecule has 0 heterocycles. The number of rotatable bonds is 12. The van der Waals surface area contributed by atoms with Crippen LogP contribution in [-0.2, 0) is 15.7 Å². The third kappa shape index (κ3) is 12.2. The van der Waals surface area contributed by atoms with Crippen molar-refractivity contribution < 1.29 is 27.4 Å². The van der Waals surface area contributed by atoms with Crippen molar-refractivity contribution >= 4 is 35.8 Å². The van der Waals surface area contributed by atoms with Gasteiger partial charge in [-0.1, -0.05) is 0 Å². The Bertz CT molecular complexity index is 628. The van der Waals surface area contributed by atoms with Gasteiger partial charge in [0, 0.05) is 45.5 Å². The van der Waals surface area contributed by atoms with E-state index in [0.29, 0.717) is 52.0 Å². The standard InChI is InChI=1S/C19H29F3N4O3.HI/c1-3-23-18(25-9-4-12-29-14-13-28-2)26-11-10-24-17(27)15-5-7-16(8-6-15)19(20,21)22;/h5-8H,3-4,9-14H2,1-2H3,(H,24,27)(H2,23,25,26);1H. The SMILES string of the molecule is CCNC(=NCCCOCCOC)NCCNC(=O)c1ccc(C(F)(F)F)cc1.I. The van der Waals surface area contributed by atoms with Crippen molar-refractivity contribution in [2.45, 2.75) is 19.5 Å². The monoisotopic (exact) mass is 546 g/mol. The molecule has 0 bridgehead atoms. The summed E-state index contributed by atoms with van der Waals surface area (Å²) < 4.78 is 47.9. The van der Waals surface area contributed by atoms with E-state index in [4.69, 9.17) is 9.47 Å². The van der Waals surface area contributed by atoms with Crippen molar-refractivity contribution in [1.29, 1.82) is 0 Å². The number of aliphatic imine (C=N–C) groups is 1. The highest BCUT2D eigenvalue weighted by Crippen LogP contribution is 2.28. The fourth-order valence-corrected chi connectivity index (χ4v) is 2.21. The first-order chi connectivity index (χ1) is 13.9. The van der Waals surface area contributed by atoms with Crippen LogP contribution in [0.25, 0.3) is 0 Å². The lowest BCUT2D eigenvalue weighted by Crippen LogP contribution is -2.41. The maximum Gasteiger partial charge on any atom is 0.416 e. The average molecular weight is 546 g/mol. The Kier molecular flexibility index (Phi) is 15.3. The molecule has 0 spiro atoms. The molecule has 11 heteroatoms. The predicted octanol–water partition coefficient (Wildman–Crippen LogP) is 2.66. The minimum absolute atomic E-state index is 0. The van der Waals surface area contributed by atoms with Crippen molar-refractivity contribution in [2.75, 3.05) is 53.1 Å². The van der Waals surface area contributed by atoms with Gasteiger partial charge in [0.25, 0.3) is 5.91 Å². The summed E-state index contributed by atoms with van der Waals surface area (Å²) in [6.07, 6.45) is -3.65. The second-order valence-electron chi connectivity index (χ2n) is 5.98. The minimum Gasteiger partial charge on any atom is -0.382 e. The number of guanidine groups is 1. The molecule has 0 aliphatic rings. The molecule has 1 aromatic carbocycles. The Balaban J connectivity index is 0.00000841. The highest BCUT2D eigenvalue weighted by molar-refractivity contribution is 14.0. The molecule has 1 amide bonds. The van der Waals surface area contributed by atoms with E-state index in [1.807, 2.05) is 6.92 Å². The van der Waals surface area contributed by atoms with E-state index in [0.717, 1.165) is 30.7 Å². The summed E-state index contributed by atoms with van der Waals surface area (Å²) in [7, 11) is 1.62. The van der Waals surface area contributed by atoms with Crippen molar-refractivity contribution in [2.24, 2.45) is 4.99 Å². The molecule has 0 saturated heterocycles. The molecule has 0 aliphatic heterocycles. The van der Waals surface area contributed by atoms with Gasteiger partial charge in [-0.2, -0.15) is 13.2 Å². The van der Waals surface area contributed by atoms with Gasteiger partial charge in [0.15, 0.2) is 5.96 Å². The number of methoxy groups -OCH3 is 1. The summed E-state index contributed by atoms with van der Waals surface area (Å²) in [5, 5.41) is 8.83. The van der Waals surface area contributed by atoms with E-state index >= 15 is 0 Å². The number of nitrogens with one attached hydrogen (secondary N) is 3. The van der Waals surface area contributed by atoms with Gasteiger partial charge in [0.2, 0.25) is 0 Å². The molecule has 30 heavy (non-hydrogen) atoms. The largest absolute Gasteiger partial charge is 0.416 e. The Hall–Kier alpha value is -1.60. The smallest absolute Gasteiger partial charge is 0.382 e. The summed E-state index contributed by atoms with van der Waals surface area (Å²) in [5.74, 6) is 0.184. The van der Waals surface area contributed by atoms with Crippen molar-refractivity contribution in [3.05, 3.63) is 35.4 Å². The molecular formula is C19H30F3IN4O3. The van der Waals surface area contributed by atoms with Gasteiger partial charge in [-0.15, -0.1) is 24.0 Å². The summed E-state index contributed by atoms with van der Waals surface area (Å²) in [6, 6.07) is 4.10. The molecule has 1 rings (SSSR count).